The zero-order chi connectivity index (χ0) is 13.9. The number of amides is 1. The number of amidine groups is 1. The molecule has 0 aromatic carbocycles. The van der Waals surface area contributed by atoms with E-state index in [2.05, 4.69) is 5.16 Å². The second-order valence-corrected chi connectivity index (χ2v) is 7.03. The fraction of sp³-hybridized carbons (Fsp3) is 0.800. The molecule has 0 aliphatic carbocycles. The van der Waals surface area contributed by atoms with Crippen LogP contribution in [-0.4, -0.2) is 54.9 Å². The van der Waals surface area contributed by atoms with Gasteiger partial charge in [0.05, 0.1) is 11.5 Å². The van der Waals surface area contributed by atoms with Crippen LogP contribution >= 0.6 is 0 Å². The molecule has 3 N–H and O–H groups in total. The van der Waals surface area contributed by atoms with Crippen LogP contribution in [0.25, 0.3) is 0 Å². The van der Waals surface area contributed by atoms with Crippen molar-refractivity contribution in [3.8, 4) is 0 Å². The molecule has 1 aliphatic rings. The molecule has 0 aromatic heterocycles. The fourth-order valence-corrected chi connectivity index (χ4v) is 3.15. The molecule has 0 radical (unpaired) electrons. The zero-order valence-electron chi connectivity index (χ0n) is 10.5. The van der Waals surface area contributed by atoms with E-state index in [9.17, 15) is 13.2 Å². The Morgan fingerprint density at radius 3 is 2.22 bits per heavy atom. The molecule has 18 heavy (non-hydrogen) atoms. The van der Waals surface area contributed by atoms with Crippen LogP contribution in [0.15, 0.2) is 5.16 Å². The highest BCUT2D eigenvalue weighted by Gasteiger charge is 2.33. The molecule has 1 aliphatic heterocycles. The lowest BCUT2D eigenvalue weighted by molar-refractivity contribution is -0.134. The lowest BCUT2D eigenvalue weighted by atomic mass is 9.93. The van der Waals surface area contributed by atoms with E-state index in [0.29, 0.717) is 0 Å². The maximum Gasteiger partial charge on any atom is 0.233 e. The largest absolute Gasteiger partial charge is 0.409 e. The minimum atomic E-state index is -3.03. The first kappa shape index (κ1) is 14.7. The van der Waals surface area contributed by atoms with Gasteiger partial charge in [-0.1, -0.05) is 19.0 Å². The molecule has 1 saturated heterocycles. The summed E-state index contributed by atoms with van der Waals surface area (Å²) < 4.78 is 22.6. The Labute approximate surface area is 107 Å². The van der Waals surface area contributed by atoms with E-state index in [-0.39, 0.29) is 42.3 Å². The predicted molar refractivity (Wildman–Crippen MR) is 67.0 cm³/mol. The summed E-state index contributed by atoms with van der Waals surface area (Å²) in [5, 5.41) is 11.6. The monoisotopic (exact) mass is 277 g/mol. The van der Waals surface area contributed by atoms with Gasteiger partial charge in [-0.25, -0.2) is 8.42 Å². The van der Waals surface area contributed by atoms with E-state index < -0.39 is 15.8 Å². The highest BCUT2D eigenvalue weighted by molar-refractivity contribution is 7.91. The molecule has 0 spiro atoms. The topological polar surface area (TPSA) is 113 Å². The molecule has 1 heterocycles. The van der Waals surface area contributed by atoms with Crippen LogP contribution < -0.4 is 5.73 Å². The average molecular weight is 277 g/mol. The maximum absolute atomic E-state index is 12.2. The lowest BCUT2D eigenvalue weighted by Gasteiger charge is -2.31. The highest BCUT2D eigenvalue weighted by Crippen LogP contribution is 2.16. The van der Waals surface area contributed by atoms with Crippen molar-refractivity contribution in [3.05, 3.63) is 0 Å². The SMILES string of the molecule is CC(C)C(C(=O)N1CCS(=O)(=O)CC1)C(N)=NO. The summed E-state index contributed by atoms with van der Waals surface area (Å²) in [6.07, 6.45) is 0. The Morgan fingerprint density at radius 2 is 1.83 bits per heavy atom. The molecule has 0 aromatic rings. The smallest absolute Gasteiger partial charge is 0.233 e. The molecule has 7 nitrogen and oxygen atoms in total. The van der Waals surface area contributed by atoms with Crippen LogP contribution in [0.2, 0.25) is 0 Å². The van der Waals surface area contributed by atoms with E-state index in [1.54, 1.807) is 13.8 Å². The Morgan fingerprint density at radius 1 is 1.33 bits per heavy atom. The van der Waals surface area contributed by atoms with E-state index >= 15 is 0 Å². The number of nitrogens with zero attached hydrogens (tertiary/aromatic N) is 2. The molecular formula is C10H19N3O4S. The number of sulfone groups is 1. The van der Waals surface area contributed by atoms with Crippen LogP contribution in [0.5, 0.6) is 0 Å². The average Bonchev–Trinajstić information content (AvgIpc) is 2.28. The summed E-state index contributed by atoms with van der Waals surface area (Å²) in [5.41, 5.74) is 5.51. The van der Waals surface area contributed by atoms with Gasteiger partial charge < -0.3 is 15.8 Å². The van der Waals surface area contributed by atoms with E-state index in [1.165, 1.54) is 4.90 Å². The minimum absolute atomic E-state index is 0.0280. The number of nitrogens with two attached hydrogens (primary N) is 1. The van der Waals surface area contributed by atoms with Gasteiger partial charge in [0.1, 0.15) is 5.92 Å². The number of carbonyl (C=O) groups excluding carboxylic acids is 1. The van der Waals surface area contributed by atoms with Gasteiger partial charge in [0.2, 0.25) is 5.91 Å². The lowest BCUT2D eigenvalue weighted by Crippen LogP contribution is -2.50. The fourth-order valence-electron chi connectivity index (χ4n) is 1.94. The Hall–Kier alpha value is -1.31. The van der Waals surface area contributed by atoms with Crippen molar-refractivity contribution in [1.29, 1.82) is 0 Å². The van der Waals surface area contributed by atoms with Crippen LogP contribution in [-0.2, 0) is 14.6 Å². The van der Waals surface area contributed by atoms with E-state index in [4.69, 9.17) is 10.9 Å². The first-order valence-electron chi connectivity index (χ1n) is 5.75. The molecule has 0 saturated carbocycles. The molecule has 1 amide bonds. The number of carbonyl (C=O) groups is 1. The molecule has 104 valence electrons. The Bertz CT molecular complexity index is 430. The molecular weight excluding hydrogens is 258 g/mol. The third-order valence-electron chi connectivity index (χ3n) is 3.02. The van der Waals surface area contributed by atoms with Crippen molar-refractivity contribution in [1.82, 2.24) is 4.90 Å². The van der Waals surface area contributed by atoms with Crippen molar-refractivity contribution in [2.75, 3.05) is 24.6 Å². The van der Waals surface area contributed by atoms with Crippen LogP contribution in [0.3, 0.4) is 0 Å². The summed E-state index contributed by atoms with van der Waals surface area (Å²) in [4.78, 5) is 13.7. The number of rotatable bonds is 3. The van der Waals surface area contributed by atoms with Gasteiger partial charge in [0.25, 0.3) is 0 Å². The number of hydrogen-bond acceptors (Lipinski definition) is 5. The predicted octanol–water partition coefficient (Wildman–Crippen LogP) is -0.738. The van der Waals surface area contributed by atoms with Gasteiger partial charge in [-0.15, -0.1) is 0 Å². The van der Waals surface area contributed by atoms with E-state index in [0.717, 1.165) is 0 Å². The van der Waals surface area contributed by atoms with Gasteiger partial charge in [-0.2, -0.15) is 0 Å². The summed E-state index contributed by atoms with van der Waals surface area (Å²) in [6, 6.07) is 0. The second kappa shape index (κ2) is 5.55. The van der Waals surface area contributed by atoms with Crippen molar-refractivity contribution in [2.45, 2.75) is 13.8 Å². The minimum Gasteiger partial charge on any atom is -0.409 e. The third kappa shape index (κ3) is 3.34. The third-order valence-corrected chi connectivity index (χ3v) is 4.63. The number of oxime groups is 1. The molecule has 1 fully saturated rings. The second-order valence-electron chi connectivity index (χ2n) is 4.72. The van der Waals surface area contributed by atoms with Gasteiger partial charge in [-0.05, 0) is 5.92 Å². The van der Waals surface area contributed by atoms with Crippen LogP contribution in [0, 0.1) is 11.8 Å². The number of hydrogen-bond donors (Lipinski definition) is 2. The van der Waals surface area contributed by atoms with Crippen LogP contribution in [0.4, 0.5) is 0 Å². The van der Waals surface area contributed by atoms with Crippen molar-refractivity contribution in [2.24, 2.45) is 22.7 Å². The molecule has 1 unspecified atom stereocenters. The maximum atomic E-state index is 12.2. The first-order valence-corrected chi connectivity index (χ1v) is 7.57. The van der Waals surface area contributed by atoms with Gasteiger partial charge in [0.15, 0.2) is 15.7 Å². The van der Waals surface area contributed by atoms with Gasteiger partial charge in [-0.3, -0.25) is 4.79 Å². The Balaban J connectivity index is 2.80. The first-order chi connectivity index (χ1) is 8.28. The van der Waals surface area contributed by atoms with E-state index in [1.807, 2.05) is 0 Å². The standard InChI is InChI=1S/C10H19N3O4S/c1-7(2)8(9(11)12-15)10(14)13-3-5-18(16,17)6-4-13/h7-8,15H,3-6H2,1-2H3,(H2,11,12). The van der Waals surface area contributed by atoms with Gasteiger partial charge >= 0.3 is 0 Å². The van der Waals surface area contributed by atoms with Crippen molar-refractivity contribution < 1.29 is 18.4 Å². The zero-order valence-corrected chi connectivity index (χ0v) is 11.4. The molecule has 1 rings (SSSR count). The highest BCUT2D eigenvalue weighted by atomic mass is 32.2. The molecule has 0 bridgehead atoms. The normalized spacial score (nSPS) is 21.9. The van der Waals surface area contributed by atoms with Crippen LogP contribution in [0.1, 0.15) is 13.8 Å². The summed E-state index contributed by atoms with van der Waals surface area (Å²) in [7, 11) is -3.03. The molecule has 8 heteroatoms. The van der Waals surface area contributed by atoms with Crippen molar-refractivity contribution >= 4 is 21.6 Å². The van der Waals surface area contributed by atoms with Crippen molar-refractivity contribution in [3.63, 3.8) is 0 Å². The summed E-state index contributed by atoms with van der Waals surface area (Å²) in [6.45, 7) is 3.93. The quantitative estimate of drug-likeness (QED) is 0.305. The summed E-state index contributed by atoms with van der Waals surface area (Å²) in [5.74, 6) is -1.30. The Kier molecular flexibility index (Phi) is 4.55. The molecule has 1 atom stereocenters. The summed E-state index contributed by atoms with van der Waals surface area (Å²) >= 11 is 0. The van der Waals surface area contributed by atoms with Gasteiger partial charge in [0, 0.05) is 13.1 Å².